The maximum atomic E-state index is 10.2. The minimum atomic E-state index is -0.436. The second-order valence-corrected chi connectivity index (χ2v) is 6.32. The van der Waals surface area contributed by atoms with E-state index in [9.17, 15) is 5.11 Å². The van der Waals surface area contributed by atoms with Gasteiger partial charge in [-0.2, -0.15) is 5.10 Å². The fraction of sp³-hybridized carbons (Fsp3) is 0.308. The number of hydrogen-bond donors (Lipinski definition) is 1. The van der Waals surface area contributed by atoms with Crippen molar-refractivity contribution in [2.75, 3.05) is 0 Å². The lowest BCUT2D eigenvalue weighted by molar-refractivity contribution is 0.167. The van der Waals surface area contributed by atoms with Crippen molar-refractivity contribution in [2.45, 2.75) is 18.9 Å². The topological polar surface area (TPSA) is 38.0 Å². The maximum Gasteiger partial charge on any atom is 0.0803 e. The molecule has 0 radical (unpaired) electrons. The molecule has 0 aliphatic rings. The molecule has 1 atom stereocenters. The normalized spacial score (nSPS) is 12.7. The van der Waals surface area contributed by atoms with E-state index in [1.165, 1.54) is 0 Å². The molecule has 1 heterocycles. The molecule has 5 heteroatoms. The van der Waals surface area contributed by atoms with Crippen molar-refractivity contribution in [3.63, 3.8) is 0 Å². The molecule has 1 unspecified atom stereocenters. The maximum absolute atomic E-state index is 10.2. The number of hydrogen-bond acceptors (Lipinski definition) is 2. The van der Waals surface area contributed by atoms with Gasteiger partial charge in [0.25, 0.3) is 0 Å². The molecule has 0 spiro atoms. The summed E-state index contributed by atoms with van der Waals surface area (Å²) in [4.78, 5) is 0. The first-order valence-corrected chi connectivity index (χ1v) is 7.54. The minimum Gasteiger partial charge on any atom is -0.388 e. The monoisotopic (exact) mass is 420 g/mol. The summed E-state index contributed by atoms with van der Waals surface area (Å²) in [6, 6.07) is 5.97. The number of benzene rings is 1. The van der Waals surface area contributed by atoms with Gasteiger partial charge in [-0.05, 0) is 64.8 Å². The zero-order valence-electron chi connectivity index (χ0n) is 9.98. The van der Waals surface area contributed by atoms with Gasteiger partial charge in [-0.3, -0.25) is 4.68 Å². The average molecular weight is 421 g/mol. The van der Waals surface area contributed by atoms with Crippen LogP contribution in [0.1, 0.15) is 23.7 Å². The van der Waals surface area contributed by atoms with Crippen molar-refractivity contribution >= 4 is 38.5 Å². The first kappa shape index (κ1) is 14.0. The predicted molar refractivity (Wildman–Crippen MR) is 83.3 cm³/mol. The van der Waals surface area contributed by atoms with Crippen LogP contribution in [0, 0.1) is 3.57 Å². The van der Waals surface area contributed by atoms with E-state index >= 15 is 0 Å². The third-order valence-electron chi connectivity index (χ3n) is 2.78. The summed E-state index contributed by atoms with van der Waals surface area (Å²) in [6.07, 6.45) is 4.93. The van der Waals surface area contributed by atoms with Crippen LogP contribution < -0.4 is 0 Å². The highest BCUT2D eigenvalue weighted by atomic mass is 127. The van der Waals surface area contributed by atoms with Crippen LogP contribution in [-0.2, 0) is 13.5 Å². The van der Waals surface area contributed by atoms with Crippen LogP contribution in [-0.4, -0.2) is 14.9 Å². The Morgan fingerprint density at radius 3 is 2.94 bits per heavy atom. The van der Waals surface area contributed by atoms with Crippen LogP contribution in [0.3, 0.4) is 0 Å². The SMILES string of the molecule is Cn1cc(CCC(O)c2cc(Br)ccc2I)cn1. The summed E-state index contributed by atoms with van der Waals surface area (Å²) in [7, 11) is 1.90. The molecule has 2 aromatic rings. The highest BCUT2D eigenvalue weighted by Crippen LogP contribution is 2.27. The fourth-order valence-electron chi connectivity index (χ4n) is 1.83. The average Bonchev–Trinajstić information content (AvgIpc) is 2.75. The Bertz CT molecular complexity index is 542. The second kappa shape index (κ2) is 6.16. The molecule has 1 aromatic heterocycles. The molecule has 0 aliphatic carbocycles. The summed E-state index contributed by atoms with van der Waals surface area (Å²) in [6.45, 7) is 0. The molecule has 0 aliphatic heterocycles. The van der Waals surface area contributed by atoms with E-state index in [2.05, 4.69) is 43.6 Å². The van der Waals surface area contributed by atoms with Gasteiger partial charge in [-0.1, -0.05) is 15.9 Å². The molecule has 18 heavy (non-hydrogen) atoms. The van der Waals surface area contributed by atoms with E-state index in [4.69, 9.17) is 0 Å². The standard InChI is InChI=1S/C13H14BrIN2O/c1-17-8-9(7-16-17)2-5-13(18)11-6-10(14)3-4-12(11)15/h3-4,6-8,13,18H,2,5H2,1H3. The van der Waals surface area contributed by atoms with Crippen molar-refractivity contribution in [1.82, 2.24) is 9.78 Å². The third-order valence-corrected chi connectivity index (χ3v) is 4.26. The molecule has 0 fully saturated rings. The first-order chi connectivity index (χ1) is 8.56. The van der Waals surface area contributed by atoms with E-state index < -0.39 is 6.10 Å². The molecule has 2 rings (SSSR count). The van der Waals surface area contributed by atoms with E-state index in [0.717, 1.165) is 25.6 Å². The number of rotatable bonds is 4. The van der Waals surface area contributed by atoms with Crippen LogP contribution in [0.5, 0.6) is 0 Å². The number of aliphatic hydroxyl groups excluding tert-OH is 1. The molecule has 96 valence electrons. The lowest BCUT2D eigenvalue weighted by Gasteiger charge is -2.12. The second-order valence-electron chi connectivity index (χ2n) is 4.24. The van der Waals surface area contributed by atoms with Gasteiger partial charge >= 0.3 is 0 Å². The quantitative estimate of drug-likeness (QED) is 0.769. The highest BCUT2D eigenvalue weighted by molar-refractivity contribution is 14.1. The number of aryl methyl sites for hydroxylation is 2. The third kappa shape index (κ3) is 3.55. The molecule has 3 nitrogen and oxygen atoms in total. The van der Waals surface area contributed by atoms with Crippen LogP contribution in [0.4, 0.5) is 0 Å². The molecular formula is C13H14BrIN2O. The lowest BCUT2D eigenvalue weighted by atomic mass is 10.0. The summed E-state index contributed by atoms with van der Waals surface area (Å²) in [5.41, 5.74) is 2.13. The van der Waals surface area contributed by atoms with Crippen LogP contribution in [0.2, 0.25) is 0 Å². The Labute approximate surface area is 128 Å². The van der Waals surface area contributed by atoms with Gasteiger partial charge in [0.2, 0.25) is 0 Å². The molecule has 0 saturated carbocycles. The largest absolute Gasteiger partial charge is 0.388 e. The van der Waals surface area contributed by atoms with Gasteiger partial charge in [0.1, 0.15) is 0 Å². The number of nitrogens with zero attached hydrogens (tertiary/aromatic N) is 2. The number of aromatic nitrogens is 2. The summed E-state index contributed by atoms with van der Waals surface area (Å²) < 4.78 is 3.87. The Hall–Kier alpha value is -0.400. The van der Waals surface area contributed by atoms with Gasteiger partial charge in [0.15, 0.2) is 0 Å². The molecule has 1 aromatic carbocycles. The van der Waals surface area contributed by atoms with E-state index in [1.54, 1.807) is 4.68 Å². The van der Waals surface area contributed by atoms with E-state index in [0.29, 0.717) is 6.42 Å². The van der Waals surface area contributed by atoms with Gasteiger partial charge in [0, 0.05) is 21.3 Å². The van der Waals surface area contributed by atoms with Crippen molar-refractivity contribution in [1.29, 1.82) is 0 Å². The van der Waals surface area contributed by atoms with E-state index in [-0.39, 0.29) is 0 Å². The first-order valence-electron chi connectivity index (χ1n) is 5.67. The Morgan fingerprint density at radius 2 is 2.28 bits per heavy atom. The Morgan fingerprint density at radius 1 is 1.50 bits per heavy atom. The zero-order valence-corrected chi connectivity index (χ0v) is 13.7. The summed E-state index contributed by atoms with van der Waals surface area (Å²) >= 11 is 5.69. The Balaban J connectivity index is 2.03. The van der Waals surface area contributed by atoms with Crippen LogP contribution in [0.15, 0.2) is 35.1 Å². The molecule has 0 amide bonds. The predicted octanol–water partition coefficient (Wildman–Crippen LogP) is 3.45. The zero-order chi connectivity index (χ0) is 13.1. The van der Waals surface area contributed by atoms with Gasteiger partial charge in [0.05, 0.1) is 12.3 Å². The van der Waals surface area contributed by atoms with Gasteiger partial charge in [-0.25, -0.2) is 0 Å². The fourth-order valence-corrected chi connectivity index (χ4v) is 2.90. The highest BCUT2D eigenvalue weighted by Gasteiger charge is 2.12. The van der Waals surface area contributed by atoms with Crippen LogP contribution >= 0.6 is 38.5 Å². The Kier molecular flexibility index (Phi) is 4.80. The molecular weight excluding hydrogens is 407 g/mol. The van der Waals surface area contributed by atoms with Crippen molar-refractivity contribution < 1.29 is 5.11 Å². The van der Waals surface area contributed by atoms with Gasteiger partial charge in [-0.15, -0.1) is 0 Å². The molecule has 0 bridgehead atoms. The molecule has 0 saturated heterocycles. The van der Waals surface area contributed by atoms with E-state index in [1.807, 2.05) is 37.6 Å². The van der Waals surface area contributed by atoms with Crippen LogP contribution in [0.25, 0.3) is 0 Å². The summed E-state index contributed by atoms with van der Waals surface area (Å²) in [5, 5.41) is 14.4. The minimum absolute atomic E-state index is 0.436. The van der Waals surface area contributed by atoms with Gasteiger partial charge < -0.3 is 5.11 Å². The lowest BCUT2D eigenvalue weighted by Crippen LogP contribution is -2.01. The smallest absolute Gasteiger partial charge is 0.0803 e. The van der Waals surface area contributed by atoms with Crippen molar-refractivity contribution in [3.05, 3.63) is 49.8 Å². The van der Waals surface area contributed by atoms with Crippen molar-refractivity contribution in [2.24, 2.45) is 7.05 Å². The summed E-state index contributed by atoms with van der Waals surface area (Å²) in [5.74, 6) is 0. The van der Waals surface area contributed by atoms with Crippen molar-refractivity contribution in [3.8, 4) is 0 Å². The molecule has 1 N–H and O–H groups in total. The number of aliphatic hydroxyl groups is 1. The number of halogens is 2.